The summed E-state index contributed by atoms with van der Waals surface area (Å²) < 4.78 is 0. The lowest BCUT2D eigenvalue weighted by Crippen LogP contribution is -2.47. The Morgan fingerprint density at radius 2 is 2.10 bits per heavy atom. The smallest absolute Gasteiger partial charge is 0.226 e. The summed E-state index contributed by atoms with van der Waals surface area (Å²) in [5.41, 5.74) is 1.49. The number of aromatic nitrogens is 1. The van der Waals surface area contributed by atoms with Crippen molar-refractivity contribution in [2.75, 3.05) is 12.4 Å². The summed E-state index contributed by atoms with van der Waals surface area (Å²) in [7, 11) is 1.95. The SMILES string of the molecule is CNC1(CC(=O)Nc2c(C)ccnc2Cl)CCCCC1. The lowest BCUT2D eigenvalue weighted by molar-refractivity contribution is -0.117. The molecule has 0 atom stereocenters. The number of nitrogens with zero attached hydrogens (tertiary/aromatic N) is 1. The second kappa shape index (κ2) is 6.55. The number of anilines is 1. The zero-order valence-electron chi connectivity index (χ0n) is 12.1. The molecule has 0 unspecified atom stereocenters. The molecule has 1 fully saturated rings. The predicted molar refractivity (Wildman–Crippen MR) is 82.1 cm³/mol. The van der Waals surface area contributed by atoms with Crippen molar-refractivity contribution in [3.63, 3.8) is 0 Å². The van der Waals surface area contributed by atoms with Gasteiger partial charge in [0.25, 0.3) is 0 Å². The summed E-state index contributed by atoms with van der Waals surface area (Å²) in [6.45, 7) is 1.91. The van der Waals surface area contributed by atoms with Crippen LogP contribution in [0.4, 0.5) is 5.69 Å². The van der Waals surface area contributed by atoms with Gasteiger partial charge in [0.2, 0.25) is 5.91 Å². The number of hydrogen-bond donors (Lipinski definition) is 2. The minimum absolute atomic E-state index is 0.000694. The molecule has 0 aromatic carbocycles. The van der Waals surface area contributed by atoms with E-state index < -0.39 is 0 Å². The zero-order valence-corrected chi connectivity index (χ0v) is 12.9. The molecule has 20 heavy (non-hydrogen) atoms. The van der Waals surface area contributed by atoms with Crippen LogP contribution in [0.3, 0.4) is 0 Å². The molecule has 1 heterocycles. The van der Waals surface area contributed by atoms with E-state index in [-0.39, 0.29) is 11.4 Å². The predicted octanol–water partition coefficient (Wildman–Crippen LogP) is 3.29. The minimum Gasteiger partial charge on any atom is -0.323 e. The van der Waals surface area contributed by atoms with Crippen LogP contribution in [0.2, 0.25) is 5.15 Å². The van der Waals surface area contributed by atoms with E-state index in [2.05, 4.69) is 15.6 Å². The molecular weight excluding hydrogens is 274 g/mol. The van der Waals surface area contributed by atoms with E-state index in [9.17, 15) is 4.79 Å². The number of nitrogens with one attached hydrogen (secondary N) is 2. The molecule has 1 aromatic heterocycles. The number of hydrogen-bond acceptors (Lipinski definition) is 3. The van der Waals surface area contributed by atoms with Gasteiger partial charge in [-0.15, -0.1) is 0 Å². The molecule has 1 aromatic rings. The van der Waals surface area contributed by atoms with Crippen LogP contribution in [0.15, 0.2) is 12.3 Å². The maximum atomic E-state index is 12.3. The summed E-state index contributed by atoms with van der Waals surface area (Å²) in [6, 6.07) is 1.84. The topological polar surface area (TPSA) is 54.0 Å². The molecule has 5 heteroatoms. The van der Waals surface area contributed by atoms with E-state index in [1.165, 1.54) is 19.3 Å². The molecule has 0 bridgehead atoms. The molecular formula is C15H22ClN3O. The molecule has 1 amide bonds. The van der Waals surface area contributed by atoms with Crippen LogP contribution in [0.1, 0.15) is 44.1 Å². The molecule has 2 N–H and O–H groups in total. The number of halogens is 1. The fourth-order valence-corrected chi connectivity index (χ4v) is 3.16. The summed E-state index contributed by atoms with van der Waals surface area (Å²) in [6.07, 6.45) is 7.85. The second-order valence-corrected chi connectivity index (χ2v) is 5.97. The van der Waals surface area contributed by atoms with Gasteiger partial charge in [-0.05, 0) is 38.4 Å². The third-order valence-corrected chi connectivity index (χ3v) is 4.50. The van der Waals surface area contributed by atoms with Gasteiger partial charge in [-0.3, -0.25) is 4.79 Å². The highest BCUT2D eigenvalue weighted by Crippen LogP contribution is 2.31. The number of pyridine rings is 1. The monoisotopic (exact) mass is 295 g/mol. The van der Waals surface area contributed by atoms with Crippen molar-refractivity contribution >= 4 is 23.2 Å². The Morgan fingerprint density at radius 3 is 2.70 bits per heavy atom. The van der Waals surface area contributed by atoms with Crippen molar-refractivity contribution in [3.8, 4) is 0 Å². The highest BCUT2D eigenvalue weighted by molar-refractivity contribution is 6.32. The third kappa shape index (κ3) is 3.49. The molecule has 0 aliphatic heterocycles. The Kier molecular flexibility index (Phi) is 5.00. The lowest BCUT2D eigenvalue weighted by Gasteiger charge is -2.36. The fourth-order valence-electron chi connectivity index (χ4n) is 2.91. The van der Waals surface area contributed by atoms with Gasteiger partial charge in [0.15, 0.2) is 5.15 Å². The first kappa shape index (κ1) is 15.3. The summed E-state index contributed by atoms with van der Waals surface area (Å²) in [5.74, 6) is -0.000694. The summed E-state index contributed by atoms with van der Waals surface area (Å²) in [4.78, 5) is 16.3. The maximum Gasteiger partial charge on any atom is 0.226 e. The van der Waals surface area contributed by atoms with Crippen LogP contribution < -0.4 is 10.6 Å². The van der Waals surface area contributed by atoms with Crippen molar-refractivity contribution < 1.29 is 4.79 Å². The molecule has 4 nitrogen and oxygen atoms in total. The van der Waals surface area contributed by atoms with Crippen LogP contribution in [0.25, 0.3) is 0 Å². The van der Waals surface area contributed by atoms with Crippen molar-refractivity contribution in [3.05, 3.63) is 23.0 Å². The second-order valence-electron chi connectivity index (χ2n) is 5.61. The number of carbonyl (C=O) groups is 1. The highest BCUT2D eigenvalue weighted by Gasteiger charge is 2.32. The van der Waals surface area contributed by atoms with Crippen molar-refractivity contribution in [1.82, 2.24) is 10.3 Å². The number of amides is 1. The van der Waals surface area contributed by atoms with Crippen LogP contribution in [-0.4, -0.2) is 23.5 Å². The molecule has 1 saturated carbocycles. The van der Waals surface area contributed by atoms with Crippen molar-refractivity contribution in [1.29, 1.82) is 0 Å². The first-order valence-electron chi connectivity index (χ1n) is 7.16. The quantitative estimate of drug-likeness (QED) is 0.838. The fraction of sp³-hybridized carbons (Fsp3) is 0.600. The molecule has 0 saturated heterocycles. The Hall–Kier alpha value is -1.13. The first-order chi connectivity index (χ1) is 9.56. The van der Waals surface area contributed by atoms with Crippen molar-refractivity contribution in [2.24, 2.45) is 0 Å². The average Bonchev–Trinajstić information content (AvgIpc) is 2.44. The number of rotatable bonds is 4. The van der Waals surface area contributed by atoms with Gasteiger partial charge in [0.1, 0.15) is 0 Å². The number of aryl methyl sites for hydroxylation is 1. The van der Waals surface area contributed by atoms with Gasteiger partial charge < -0.3 is 10.6 Å². The Balaban J connectivity index is 2.05. The van der Waals surface area contributed by atoms with Crippen LogP contribution >= 0.6 is 11.6 Å². The van der Waals surface area contributed by atoms with Gasteiger partial charge in [0, 0.05) is 18.2 Å². The van der Waals surface area contributed by atoms with Gasteiger partial charge in [-0.25, -0.2) is 4.98 Å². The summed E-state index contributed by atoms with van der Waals surface area (Å²) in [5, 5.41) is 6.61. The van der Waals surface area contributed by atoms with Crippen molar-refractivity contribution in [2.45, 2.75) is 51.0 Å². The molecule has 110 valence electrons. The normalized spacial score (nSPS) is 17.8. The van der Waals surface area contributed by atoms with Gasteiger partial charge in [0.05, 0.1) is 5.69 Å². The maximum absolute atomic E-state index is 12.3. The molecule has 1 aliphatic carbocycles. The van der Waals surface area contributed by atoms with Gasteiger partial charge in [-0.2, -0.15) is 0 Å². The highest BCUT2D eigenvalue weighted by atomic mass is 35.5. The Morgan fingerprint density at radius 1 is 1.40 bits per heavy atom. The average molecular weight is 296 g/mol. The number of carbonyl (C=O) groups excluding carboxylic acids is 1. The van der Waals surface area contributed by atoms with E-state index >= 15 is 0 Å². The first-order valence-corrected chi connectivity index (χ1v) is 7.54. The van der Waals surface area contributed by atoms with Gasteiger partial charge >= 0.3 is 0 Å². The molecule has 0 radical (unpaired) electrons. The molecule has 0 spiro atoms. The van der Waals surface area contributed by atoms with E-state index in [1.54, 1.807) is 6.20 Å². The molecule has 2 rings (SSSR count). The Bertz CT molecular complexity index is 464. The van der Waals surface area contributed by atoms with E-state index in [0.717, 1.165) is 18.4 Å². The molecule has 1 aliphatic rings. The van der Waals surface area contributed by atoms with Crippen LogP contribution in [0.5, 0.6) is 0 Å². The largest absolute Gasteiger partial charge is 0.323 e. The lowest BCUT2D eigenvalue weighted by atomic mass is 9.79. The third-order valence-electron chi connectivity index (χ3n) is 4.22. The van der Waals surface area contributed by atoms with Crippen LogP contribution in [0, 0.1) is 6.92 Å². The standard InChI is InChI=1S/C15H22ClN3O/c1-11-6-9-18-14(16)13(11)19-12(20)10-15(17-2)7-4-3-5-8-15/h6,9,17H,3-5,7-8,10H2,1-2H3,(H,19,20). The van der Waals surface area contributed by atoms with Gasteiger partial charge in [-0.1, -0.05) is 30.9 Å². The van der Waals surface area contributed by atoms with Crippen LogP contribution in [-0.2, 0) is 4.79 Å². The zero-order chi connectivity index (χ0) is 14.6. The van der Waals surface area contributed by atoms with E-state index in [4.69, 9.17) is 11.6 Å². The van der Waals surface area contributed by atoms with E-state index in [0.29, 0.717) is 17.3 Å². The van der Waals surface area contributed by atoms with E-state index in [1.807, 2.05) is 20.0 Å². The minimum atomic E-state index is -0.0646. The Labute approximate surface area is 125 Å². The summed E-state index contributed by atoms with van der Waals surface area (Å²) >= 11 is 6.04.